The molecule has 0 saturated carbocycles. The molecule has 0 spiro atoms. The number of benzene rings is 2. The van der Waals surface area contributed by atoms with Gasteiger partial charge >= 0.3 is 0 Å². The highest BCUT2D eigenvalue weighted by atomic mass is 32.2. The van der Waals surface area contributed by atoms with Crippen LogP contribution in [-0.4, -0.2) is 25.0 Å². The summed E-state index contributed by atoms with van der Waals surface area (Å²) in [5.41, 5.74) is 2.17. The Hall–Kier alpha value is -1.76. The van der Waals surface area contributed by atoms with Crippen molar-refractivity contribution in [2.24, 2.45) is 0 Å². The lowest BCUT2D eigenvalue weighted by molar-refractivity contribution is 0.243. The zero-order valence-electron chi connectivity index (χ0n) is 17.3. The lowest BCUT2D eigenvalue weighted by Crippen LogP contribution is -2.23. The highest BCUT2D eigenvalue weighted by Gasteiger charge is 2.25. The summed E-state index contributed by atoms with van der Waals surface area (Å²) in [6, 6.07) is 17.3. The molecular weight excluding hydrogens is 404 g/mol. The fourth-order valence-electron chi connectivity index (χ4n) is 2.96. The minimum atomic E-state index is -3.70. The number of unbranched alkanes of at least 4 members (excludes halogenated alkanes) is 2. The van der Waals surface area contributed by atoms with Crippen LogP contribution < -0.4 is 0 Å². The van der Waals surface area contributed by atoms with Gasteiger partial charge in [-0.2, -0.15) is 8.42 Å². The van der Waals surface area contributed by atoms with Crippen LogP contribution in [0.1, 0.15) is 43.7 Å². The highest BCUT2D eigenvalue weighted by molar-refractivity contribution is 7.89. The van der Waals surface area contributed by atoms with E-state index < -0.39 is 27.0 Å². The van der Waals surface area contributed by atoms with Crippen molar-refractivity contribution in [1.82, 2.24) is 0 Å². The van der Waals surface area contributed by atoms with Gasteiger partial charge in [0.25, 0.3) is 10.1 Å². The molecule has 6 heteroatoms. The number of aryl methyl sites for hydroxylation is 2. The summed E-state index contributed by atoms with van der Waals surface area (Å²) >= 11 is 0. The maximum absolute atomic E-state index is 13.4. The van der Waals surface area contributed by atoms with Crippen LogP contribution in [0, 0.1) is 6.92 Å². The Kier molecular flexibility index (Phi) is 9.27. The van der Waals surface area contributed by atoms with Crippen LogP contribution in [0.25, 0.3) is 0 Å². The first-order valence-corrected chi connectivity index (χ1v) is 12.9. The first-order chi connectivity index (χ1) is 13.8. The molecule has 0 fully saturated rings. The minimum Gasteiger partial charge on any atom is -0.261 e. The monoisotopic (exact) mass is 434 g/mol. The van der Waals surface area contributed by atoms with Gasteiger partial charge in [0.2, 0.25) is 0 Å². The second-order valence-corrected chi connectivity index (χ2v) is 10.2. The minimum absolute atomic E-state index is 0.437. The molecule has 0 aromatic heterocycles. The van der Waals surface area contributed by atoms with E-state index in [1.807, 2.05) is 67.6 Å². The topological polar surface area (TPSA) is 60.4 Å². The quantitative estimate of drug-likeness (QED) is 0.362. The van der Waals surface area contributed by atoms with Crippen molar-refractivity contribution < 1.29 is 16.8 Å². The average molecular weight is 435 g/mol. The smallest absolute Gasteiger partial charge is 0.261 e. The van der Waals surface area contributed by atoms with Gasteiger partial charge < -0.3 is 0 Å². The Morgan fingerprint density at radius 2 is 1.76 bits per heavy atom. The fourth-order valence-corrected chi connectivity index (χ4v) is 4.98. The second kappa shape index (κ2) is 11.4. The summed E-state index contributed by atoms with van der Waals surface area (Å²) in [5, 5.41) is 0. The van der Waals surface area contributed by atoms with Gasteiger partial charge in [-0.1, -0.05) is 73.9 Å². The molecular formula is C23H30O4S2. The molecule has 2 aromatic rings. The average Bonchev–Trinajstić information content (AvgIpc) is 2.69. The van der Waals surface area contributed by atoms with Crippen LogP contribution in [0.15, 0.2) is 70.5 Å². The van der Waals surface area contributed by atoms with E-state index >= 15 is 0 Å². The third-order valence-electron chi connectivity index (χ3n) is 4.50. The molecule has 0 aliphatic rings. The van der Waals surface area contributed by atoms with E-state index in [0.29, 0.717) is 22.6 Å². The molecule has 0 bridgehead atoms. The Bertz CT molecular complexity index is 917. The normalized spacial score (nSPS) is 14.5. The molecule has 0 heterocycles. The fraction of sp³-hybridized carbons (Fsp3) is 0.391. The first kappa shape index (κ1) is 23.5. The van der Waals surface area contributed by atoms with E-state index in [2.05, 4.69) is 6.92 Å². The molecule has 0 radical (unpaired) electrons. The van der Waals surface area contributed by atoms with Crippen LogP contribution >= 0.6 is 0 Å². The Balaban J connectivity index is 2.34. The molecule has 2 atom stereocenters. The standard InChI is InChI=1S/C23H30O4S2/c1-4-5-7-12-23(28(24)21-16-13-19(2)14-17-21)22(27-29(3,25)26)18-15-20-10-8-6-9-11-20/h6,8-14,16-17,22H,4-5,7,15,18H2,1-3H3/b23-12+/t22-,28+/m1/s1. The predicted molar refractivity (Wildman–Crippen MR) is 120 cm³/mol. The van der Waals surface area contributed by atoms with E-state index in [0.717, 1.165) is 36.6 Å². The first-order valence-electron chi connectivity index (χ1n) is 9.91. The molecule has 4 nitrogen and oxygen atoms in total. The molecule has 0 saturated heterocycles. The van der Waals surface area contributed by atoms with Crippen molar-refractivity contribution in [3.8, 4) is 0 Å². The maximum Gasteiger partial charge on any atom is 0.264 e. The van der Waals surface area contributed by atoms with Crippen LogP contribution in [0.2, 0.25) is 0 Å². The van der Waals surface area contributed by atoms with Crippen molar-refractivity contribution in [3.05, 3.63) is 76.7 Å². The summed E-state index contributed by atoms with van der Waals surface area (Å²) < 4.78 is 42.7. The van der Waals surface area contributed by atoms with Gasteiger partial charge in [-0.15, -0.1) is 0 Å². The number of hydrogen-bond donors (Lipinski definition) is 0. The lowest BCUT2D eigenvalue weighted by atomic mass is 10.1. The Labute approximate surface area is 177 Å². The molecule has 0 amide bonds. The SMILES string of the molecule is CCCC/C=C(\[C@@H](CCc1ccccc1)OS(C)(=O)=O)[S@@](=O)c1ccc(C)cc1. The van der Waals surface area contributed by atoms with Gasteiger partial charge in [0, 0.05) is 9.80 Å². The molecule has 2 aromatic carbocycles. The van der Waals surface area contributed by atoms with Crippen molar-refractivity contribution in [2.45, 2.75) is 57.0 Å². The summed E-state index contributed by atoms with van der Waals surface area (Å²) in [5.74, 6) is 0. The molecule has 0 aliphatic carbocycles. The van der Waals surface area contributed by atoms with Crippen LogP contribution in [-0.2, 0) is 31.5 Å². The summed E-state index contributed by atoms with van der Waals surface area (Å²) in [6.45, 7) is 4.06. The van der Waals surface area contributed by atoms with E-state index in [-0.39, 0.29) is 0 Å². The van der Waals surface area contributed by atoms with Gasteiger partial charge in [0.05, 0.1) is 17.1 Å². The largest absolute Gasteiger partial charge is 0.264 e. The van der Waals surface area contributed by atoms with Gasteiger partial charge in [-0.25, -0.2) is 4.21 Å². The van der Waals surface area contributed by atoms with Gasteiger partial charge in [0.15, 0.2) is 0 Å². The van der Waals surface area contributed by atoms with E-state index in [4.69, 9.17) is 4.18 Å². The Morgan fingerprint density at radius 1 is 1.10 bits per heavy atom. The molecule has 0 unspecified atom stereocenters. The maximum atomic E-state index is 13.4. The van der Waals surface area contributed by atoms with E-state index in [9.17, 15) is 12.6 Å². The molecule has 158 valence electrons. The zero-order valence-corrected chi connectivity index (χ0v) is 19.0. The van der Waals surface area contributed by atoms with E-state index in [1.165, 1.54) is 0 Å². The van der Waals surface area contributed by atoms with E-state index in [1.54, 1.807) is 0 Å². The van der Waals surface area contributed by atoms with Crippen LogP contribution in [0.4, 0.5) is 0 Å². The van der Waals surface area contributed by atoms with Crippen LogP contribution in [0.3, 0.4) is 0 Å². The second-order valence-electron chi connectivity index (χ2n) is 7.14. The number of allylic oxidation sites excluding steroid dienone is 1. The summed E-state index contributed by atoms with van der Waals surface area (Å²) in [6.07, 6.45) is 5.94. The Morgan fingerprint density at radius 3 is 2.34 bits per heavy atom. The van der Waals surface area contributed by atoms with Gasteiger partial charge in [0.1, 0.15) is 6.10 Å². The summed E-state index contributed by atoms with van der Waals surface area (Å²) in [7, 11) is -5.18. The number of hydrogen-bond acceptors (Lipinski definition) is 4. The summed E-state index contributed by atoms with van der Waals surface area (Å²) in [4.78, 5) is 1.18. The highest BCUT2D eigenvalue weighted by Crippen LogP contribution is 2.25. The lowest BCUT2D eigenvalue weighted by Gasteiger charge is -2.20. The van der Waals surface area contributed by atoms with Gasteiger partial charge in [-0.05, 0) is 43.9 Å². The molecule has 0 N–H and O–H groups in total. The van der Waals surface area contributed by atoms with Crippen molar-refractivity contribution >= 4 is 20.9 Å². The van der Waals surface area contributed by atoms with Crippen molar-refractivity contribution in [2.75, 3.05) is 6.26 Å². The molecule has 0 aliphatic heterocycles. The molecule has 2 rings (SSSR count). The van der Waals surface area contributed by atoms with Gasteiger partial charge in [-0.3, -0.25) is 4.18 Å². The predicted octanol–water partition coefficient (Wildman–Crippen LogP) is 5.15. The molecule has 29 heavy (non-hydrogen) atoms. The zero-order chi connectivity index (χ0) is 21.3. The van der Waals surface area contributed by atoms with Crippen molar-refractivity contribution in [1.29, 1.82) is 0 Å². The van der Waals surface area contributed by atoms with Crippen molar-refractivity contribution in [3.63, 3.8) is 0 Å². The van der Waals surface area contributed by atoms with Crippen LogP contribution in [0.5, 0.6) is 0 Å². The third kappa shape index (κ3) is 8.25. The number of rotatable bonds is 11. The third-order valence-corrected chi connectivity index (χ3v) is 6.64.